The number of ether oxygens (including phenoxy) is 2. The first kappa shape index (κ1) is 13.0. The maximum Gasteiger partial charge on any atom is 0.165 e. The van der Waals surface area contributed by atoms with Gasteiger partial charge in [0, 0.05) is 30.9 Å². The van der Waals surface area contributed by atoms with E-state index in [2.05, 4.69) is 28.3 Å². The van der Waals surface area contributed by atoms with E-state index in [1.54, 1.807) is 6.20 Å². The molecule has 0 spiro atoms. The molecule has 0 aliphatic carbocycles. The lowest BCUT2D eigenvalue weighted by Gasteiger charge is -2.15. The number of nitrogens with zero attached hydrogens (tertiary/aromatic N) is 1. The molecule has 0 bridgehead atoms. The van der Waals surface area contributed by atoms with Crippen molar-refractivity contribution in [1.82, 2.24) is 15.3 Å². The maximum absolute atomic E-state index is 5.81. The summed E-state index contributed by atoms with van der Waals surface area (Å²) in [5, 5.41) is 3.44. The second kappa shape index (κ2) is 5.96. The number of aromatic nitrogens is 2. The van der Waals surface area contributed by atoms with Gasteiger partial charge in [0.15, 0.2) is 11.5 Å². The number of aromatic amines is 1. The fourth-order valence-electron chi connectivity index (χ4n) is 2.27. The maximum atomic E-state index is 5.81. The molecule has 2 heterocycles. The lowest BCUT2D eigenvalue weighted by molar-refractivity contribution is 0.295. The molecule has 0 radical (unpaired) electrons. The molecule has 0 saturated carbocycles. The van der Waals surface area contributed by atoms with Gasteiger partial charge in [-0.1, -0.05) is 12.1 Å². The van der Waals surface area contributed by atoms with Crippen LogP contribution in [0.4, 0.5) is 0 Å². The lowest BCUT2D eigenvalue weighted by Crippen LogP contribution is -2.19. The highest BCUT2D eigenvalue weighted by Gasteiger charge is 2.15. The van der Waals surface area contributed by atoms with Crippen LogP contribution in [-0.2, 0) is 6.54 Å². The third kappa shape index (κ3) is 2.77. The fraction of sp³-hybridized carbons (Fsp3) is 0.400. The van der Waals surface area contributed by atoms with Crippen LogP contribution in [0.1, 0.15) is 30.8 Å². The molecule has 1 unspecified atom stereocenters. The summed E-state index contributed by atoms with van der Waals surface area (Å²) in [6, 6.07) is 6.19. The molecule has 2 aromatic rings. The number of hydrogen-bond donors (Lipinski definition) is 2. The first-order valence-corrected chi connectivity index (χ1v) is 6.95. The average Bonchev–Trinajstić information content (AvgIpc) is 2.90. The highest BCUT2D eigenvalue weighted by Crippen LogP contribution is 2.33. The summed E-state index contributed by atoms with van der Waals surface area (Å²) in [6.45, 7) is 4.22. The van der Waals surface area contributed by atoms with E-state index in [0.717, 1.165) is 29.3 Å². The van der Waals surface area contributed by atoms with Gasteiger partial charge in [-0.3, -0.25) is 0 Å². The van der Waals surface area contributed by atoms with Crippen molar-refractivity contribution in [2.45, 2.75) is 25.9 Å². The molecule has 0 saturated heterocycles. The summed E-state index contributed by atoms with van der Waals surface area (Å²) in [7, 11) is 0. The van der Waals surface area contributed by atoms with Crippen LogP contribution in [0.2, 0.25) is 0 Å². The second-order valence-corrected chi connectivity index (χ2v) is 4.87. The van der Waals surface area contributed by atoms with E-state index in [1.165, 1.54) is 0 Å². The topological polar surface area (TPSA) is 59.2 Å². The SMILES string of the molecule is CC(NCc1cccc2c1OCCCO2)c1ncc[nH]1. The van der Waals surface area contributed by atoms with E-state index in [9.17, 15) is 0 Å². The molecule has 2 N–H and O–H groups in total. The molecule has 1 aromatic heterocycles. The number of imidazole rings is 1. The van der Waals surface area contributed by atoms with Crippen molar-refractivity contribution in [2.24, 2.45) is 0 Å². The molecule has 106 valence electrons. The van der Waals surface area contributed by atoms with Crippen LogP contribution in [-0.4, -0.2) is 23.2 Å². The third-order valence-electron chi connectivity index (χ3n) is 3.38. The molecule has 1 aliphatic rings. The van der Waals surface area contributed by atoms with Crippen molar-refractivity contribution in [1.29, 1.82) is 0 Å². The summed E-state index contributed by atoms with van der Waals surface area (Å²) >= 11 is 0. The minimum atomic E-state index is 0.160. The van der Waals surface area contributed by atoms with Crippen molar-refractivity contribution in [3.63, 3.8) is 0 Å². The first-order chi connectivity index (χ1) is 9.84. The average molecular weight is 273 g/mol. The Kier molecular flexibility index (Phi) is 3.87. The number of benzene rings is 1. The van der Waals surface area contributed by atoms with Gasteiger partial charge in [-0.05, 0) is 13.0 Å². The van der Waals surface area contributed by atoms with E-state index in [-0.39, 0.29) is 6.04 Å². The number of para-hydroxylation sites is 1. The summed E-state index contributed by atoms with van der Waals surface area (Å²) in [5.41, 5.74) is 1.11. The molecule has 0 fully saturated rings. The van der Waals surface area contributed by atoms with Gasteiger partial charge in [-0.15, -0.1) is 0 Å². The summed E-state index contributed by atoms with van der Waals surface area (Å²) < 4.78 is 11.5. The summed E-state index contributed by atoms with van der Waals surface area (Å²) in [4.78, 5) is 7.37. The predicted molar refractivity (Wildman–Crippen MR) is 75.9 cm³/mol. The molecular formula is C15H19N3O2. The Morgan fingerprint density at radius 3 is 3.10 bits per heavy atom. The molecule has 3 rings (SSSR count). The van der Waals surface area contributed by atoms with Gasteiger partial charge in [0.2, 0.25) is 0 Å². The van der Waals surface area contributed by atoms with Crippen LogP contribution in [0.5, 0.6) is 11.5 Å². The second-order valence-electron chi connectivity index (χ2n) is 4.87. The normalized spacial score (nSPS) is 15.7. The number of fused-ring (bicyclic) bond motifs is 1. The van der Waals surface area contributed by atoms with Crippen LogP contribution in [0.15, 0.2) is 30.6 Å². The third-order valence-corrected chi connectivity index (χ3v) is 3.38. The van der Waals surface area contributed by atoms with Crippen LogP contribution < -0.4 is 14.8 Å². The Labute approximate surface area is 118 Å². The summed E-state index contributed by atoms with van der Waals surface area (Å²) in [5.74, 6) is 2.64. The molecule has 20 heavy (non-hydrogen) atoms. The largest absolute Gasteiger partial charge is 0.490 e. The van der Waals surface area contributed by atoms with Crippen LogP contribution in [0.25, 0.3) is 0 Å². The van der Waals surface area contributed by atoms with E-state index in [1.807, 2.05) is 18.3 Å². The molecule has 1 aliphatic heterocycles. The lowest BCUT2D eigenvalue weighted by atomic mass is 10.1. The highest BCUT2D eigenvalue weighted by molar-refractivity contribution is 5.47. The van der Waals surface area contributed by atoms with E-state index in [0.29, 0.717) is 19.8 Å². The number of H-pyrrole nitrogens is 1. The van der Waals surface area contributed by atoms with Crippen molar-refractivity contribution in [3.05, 3.63) is 42.0 Å². The van der Waals surface area contributed by atoms with Crippen LogP contribution in [0.3, 0.4) is 0 Å². The van der Waals surface area contributed by atoms with Gasteiger partial charge in [0.05, 0.1) is 19.3 Å². The Balaban J connectivity index is 1.71. The smallest absolute Gasteiger partial charge is 0.165 e. The van der Waals surface area contributed by atoms with Crippen molar-refractivity contribution in [2.75, 3.05) is 13.2 Å². The molecule has 5 nitrogen and oxygen atoms in total. The van der Waals surface area contributed by atoms with E-state index >= 15 is 0 Å². The monoisotopic (exact) mass is 273 g/mol. The van der Waals surface area contributed by atoms with Gasteiger partial charge in [0.25, 0.3) is 0 Å². The van der Waals surface area contributed by atoms with Crippen molar-refractivity contribution >= 4 is 0 Å². The van der Waals surface area contributed by atoms with E-state index < -0.39 is 0 Å². The molecular weight excluding hydrogens is 254 g/mol. The number of nitrogens with one attached hydrogen (secondary N) is 2. The van der Waals surface area contributed by atoms with E-state index in [4.69, 9.17) is 9.47 Å². The molecule has 1 atom stereocenters. The Morgan fingerprint density at radius 1 is 1.35 bits per heavy atom. The molecule has 5 heteroatoms. The van der Waals surface area contributed by atoms with Crippen LogP contribution in [0, 0.1) is 0 Å². The zero-order valence-electron chi connectivity index (χ0n) is 11.6. The zero-order valence-corrected chi connectivity index (χ0v) is 11.6. The first-order valence-electron chi connectivity index (χ1n) is 6.95. The Bertz CT molecular complexity index is 554. The van der Waals surface area contributed by atoms with Gasteiger partial charge in [0.1, 0.15) is 5.82 Å². The Hall–Kier alpha value is -2.01. The number of rotatable bonds is 4. The molecule has 1 aromatic carbocycles. The van der Waals surface area contributed by atoms with Gasteiger partial charge < -0.3 is 19.8 Å². The number of hydrogen-bond acceptors (Lipinski definition) is 4. The van der Waals surface area contributed by atoms with Gasteiger partial charge in [-0.2, -0.15) is 0 Å². The quantitative estimate of drug-likeness (QED) is 0.898. The van der Waals surface area contributed by atoms with Gasteiger partial charge >= 0.3 is 0 Å². The van der Waals surface area contributed by atoms with Crippen molar-refractivity contribution < 1.29 is 9.47 Å². The standard InChI is InChI=1S/C15H19N3O2/c1-11(15-16-6-7-17-15)18-10-12-4-2-5-13-14(12)20-9-3-8-19-13/h2,4-7,11,18H,3,8-10H2,1H3,(H,16,17). The van der Waals surface area contributed by atoms with Gasteiger partial charge in [-0.25, -0.2) is 4.98 Å². The molecule has 0 amide bonds. The van der Waals surface area contributed by atoms with Crippen LogP contribution >= 0.6 is 0 Å². The Morgan fingerprint density at radius 2 is 2.25 bits per heavy atom. The van der Waals surface area contributed by atoms with Crippen molar-refractivity contribution in [3.8, 4) is 11.5 Å². The highest BCUT2D eigenvalue weighted by atomic mass is 16.5. The fourth-order valence-corrected chi connectivity index (χ4v) is 2.27. The minimum Gasteiger partial charge on any atom is -0.490 e. The predicted octanol–water partition coefficient (Wildman–Crippen LogP) is 2.42. The minimum absolute atomic E-state index is 0.160. The zero-order chi connectivity index (χ0) is 13.8. The summed E-state index contributed by atoms with van der Waals surface area (Å²) in [6.07, 6.45) is 4.52.